The second-order valence-electron chi connectivity index (χ2n) is 5.11. The predicted octanol–water partition coefficient (Wildman–Crippen LogP) is 3.03. The van der Waals surface area contributed by atoms with Crippen LogP contribution in [0.15, 0.2) is 18.3 Å². The summed E-state index contributed by atoms with van der Waals surface area (Å²) in [7, 11) is 0. The number of nitrogens with one attached hydrogen (secondary N) is 2. The number of anilines is 2. The van der Waals surface area contributed by atoms with Gasteiger partial charge in [-0.05, 0) is 39.3 Å². The highest BCUT2D eigenvalue weighted by Gasteiger charge is 2.09. The molecule has 0 radical (unpaired) electrons. The Balaban J connectivity index is 2.59. The Morgan fingerprint density at radius 2 is 2.06 bits per heavy atom. The van der Waals surface area contributed by atoms with E-state index in [0.29, 0.717) is 6.42 Å². The van der Waals surface area contributed by atoms with E-state index < -0.39 is 0 Å². The average Bonchev–Trinajstić information content (AvgIpc) is 2.19. The first-order valence-electron chi connectivity index (χ1n) is 5.95. The molecule has 0 saturated heterocycles. The van der Waals surface area contributed by atoms with Crippen molar-refractivity contribution in [1.29, 1.82) is 0 Å². The molecule has 1 amide bonds. The summed E-state index contributed by atoms with van der Waals surface area (Å²) in [5.74, 6) is 0.844. The molecule has 1 aromatic heterocycles. The van der Waals surface area contributed by atoms with Crippen molar-refractivity contribution in [3.8, 4) is 0 Å². The Labute approximate surface area is 103 Å². The third kappa shape index (κ3) is 5.33. The van der Waals surface area contributed by atoms with Gasteiger partial charge >= 0.3 is 0 Å². The molecule has 94 valence electrons. The van der Waals surface area contributed by atoms with Gasteiger partial charge in [0.15, 0.2) is 0 Å². The van der Waals surface area contributed by atoms with Crippen LogP contribution >= 0.6 is 0 Å². The van der Waals surface area contributed by atoms with Crippen molar-refractivity contribution >= 4 is 17.4 Å². The number of aromatic nitrogens is 1. The van der Waals surface area contributed by atoms with E-state index in [2.05, 4.69) is 36.4 Å². The van der Waals surface area contributed by atoms with Gasteiger partial charge in [0.05, 0.1) is 11.9 Å². The Kier molecular flexibility index (Phi) is 4.49. The monoisotopic (exact) mass is 235 g/mol. The summed E-state index contributed by atoms with van der Waals surface area (Å²) in [4.78, 5) is 15.6. The minimum absolute atomic E-state index is 0.0139. The maximum absolute atomic E-state index is 11.4. The maximum atomic E-state index is 11.4. The van der Waals surface area contributed by atoms with Crippen LogP contribution < -0.4 is 10.6 Å². The van der Waals surface area contributed by atoms with Crippen molar-refractivity contribution in [3.63, 3.8) is 0 Å². The quantitative estimate of drug-likeness (QED) is 0.843. The number of carbonyl (C=O) groups excluding carboxylic acids is 1. The number of amides is 1. The maximum Gasteiger partial charge on any atom is 0.224 e. The van der Waals surface area contributed by atoms with Crippen molar-refractivity contribution in [3.05, 3.63) is 18.3 Å². The van der Waals surface area contributed by atoms with Crippen LogP contribution in [-0.2, 0) is 4.79 Å². The molecule has 1 heterocycles. The molecule has 0 spiro atoms. The molecule has 1 aromatic rings. The molecule has 2 N–H and O–H groups in total. The molecular weight excluding hydrogens is 214 g/mol. The Morgan fingerprint density at radius 1 is 1.35 bits per heavy atom. The van der Waals surface area contributed by atoms with Crippen LogP contribution in [0.25, 0.3) is 0 Å². The van der Waals surface area contributed by atoms with Crippen molar-refractivity contribution < 1.29 is 4.79 Å². The molecule has 4 heteroatoms. The Morgan fingerprint density at radius 3 is 2.53 bits per heavy atom. The van der Waals surface area contributed by atoms with Crippen molar-refractivity contribution in [2.24, 2.45) is 0 Å². The van der Waals surface area contributed by atoms with Crippen LogP contribution in [0.4, 0.5) is 11.5 Å². The van der Waals surface area contributed by atoms with E-state index in [9.17, 15) is 4.79 Å². The summed E-state index contributed by atoms with van der Waals surface area (Å²) in [6.07, 6.45) is 3.06. The van der Waals surface area contributed by atoms with Gasteiger partial charge in [-0.2, -0.15) is 0 Å². The fourth-order valence-electron chi connectivity index (χ4n) is 1.38. The van der Waals surface area contributed by atoms with Crippen molar-refractivity contribution in [2.45, 2.75) is 46.1 Å². The third-order valence-corrected chi connectivity index (χ3v) is 2.03. The zero-order valence-corrected chi connectivity index (χ0v) is 11.0. The topological polar surface area (TPSA) is 54.0 Å². The van der Waals surface area contributed by atoms with E-state index in [1.165, 1.54) is 0 Å². The summed E-state index contributed by atoms with van der Waals surface area (Å²) in [5, 5.41) is 6.07. The second-order valence-corrected chi connectivity index (χ2v) is 5.11. The molecule has 1 rings (SSSR count). The molecule has 4 nitrogen and oxygen atoms in total. The highest BCUT2D eigenvalue weighted by atomic mass is 16.1. The van der Waals surface area contributed by atoms with Gasteiger partial charge in [-0.3, -0.25) is 4.79 Å². The summed E-state index contributed by atoms with van der Waals surface area (Å²) in [5.41, 5.74) is 0.725. The molecule has 0 aliphatic rings. The molecule has 0 aliphatic carbocycles. The van der Waals surface area contributed by atoms with Gasteiger partial charge in [0.1, 0.15) is 5.82 Å². The summed E-state index contributed by atoms with van der Waals surface area (Å²) in [6, 6.07) is 3.72. The number of rotatable bonds is 4. The van der Waals surface area contributed by atoms with Gasteiger partial charge in [0, 0.05) is 12.0 Å². The van der Waals surface area contributed by atoms with Crippen LogP contribution in [0.3, 0.4) is 0 Å². The minimum Gasteiger partial charge on any atom is -0.365 e. The fraction of sp³-hybridized carbons (Fsp3) is 0.538. The average molecular weight is 235 g/mol. The van der Waals surface area contributed by atoms with Gasteiger partial charge in [0.25, 0.3) is 0 Å². The van der Waals surface area contributed by atoms with Crippen LogP contribution in [0.1, 0.15) is 40.5 Å². The van der Waals surface area contributed by atoms with Gasteiger partial charge in [-0.25, -0.2) is 4.98 Å². The van der Waals surface area contributed by atoms with E-state index in [1.807, 2.05) is 19.1 Å². The second kappa shape index (κ2) is 5.66. The largest absolute Gasteiger partial charge is 0.365 e. The molecule has 17 heavy (non-hydrogen) atoms. The van der Waals surface area contributed by atoms with E-state index in [0.717, 1.165) is 17.9 Å². The number of nitrogens with zero attached hydrogens (tertiary/aromatic N) is 1. The fourth-order valence-corrected chi connectivity index (χ4v) is 1.38. The lowest BCUT2D eigenvalue weighted by Gasteiger charge is -2.21. The standard InChI is InChI=1S/C13H21N3O/c1-5-6-12(17)15-10-7-8-11(14-9-10)16-13(2,3)4/h7-9H,5-6H2,1-4H3,(H,14,16)(H,15,17). The minimum atomic E-state index is -0.0139. The zero-order chi connectivity index (χ0) is 12.9. The summed E-state index contributed by atoms with van der Waals surface area (Å²) >= 11 is 0. The number of hydrogen-bond donors (Lipinski definition) is 2. The number of pyridine rings is 1. The molecule has 0 saturated carbocycles. The summed E-state index contributed by atoms with van der Waals surface area (Å²) in [6.45, 7) is 8.21. The van der Waals surface area contributed by atoms with Crippen LogP contribution in [0.5, 0.6) is 0 Å². The van der Waals surface area contributed by atoms with Gasteiger partial charge in [-0.1, -0.05) is 6.92 Å². The number of carbonyl (C=O) groups is 1. The predicted molar refractivity (Wildman–Crippen MR) is 71.2 cm³/mol. The first-order valence-corrected chi connectivity index (χ1v) is 5.95. The highest BCUT2D eigenvalue weighted by Crippen LogP contribution is 2.14. The van der Waals surface area contributed by atoms with Crippen molar-refractivity contribution in [1.82, 2.24) is 4.98 Å². The van der Waals surface area contributed by atoms with Crippen LogP contribution in [0.2, 0.25) is 0 Å². The smallest absolute Gasteiger partial charge is 0.224 e. The first-order chi connectivity index (χ1) is 7.90. The molecule has 0 fully saturated rings. The van der Waals surface area contributed by atoms with E-state index in [-0.39, 0.29) is 11.4 Å². The summed E-state index contributed by atoms with van der Waals surface area (Å²) < 4.78 is 0. The molecule has 0 atom stereocenters. The number of hydrogen-bond acceptors (Lipinski definition) is 3. The molecular formula is C13H21N3O. The highest BCUT2D eigenvalue weighted by molar-refractivity contribution is 5.90. The lowest BCUT2D eigenvalue weighted by atomic mass is 10.1. The Bertz CT molecular complexity index is 365. The third-order valence-electron chi connectivity index (χ3n) is 2.03. The molecule has 0 bridgehead atoms. The lowest BCUT2D eigenvalue weighted by Crippen LogP contribution is -2.26. The van der Waals surface area contributed by atoms with E-state index in [4.69, 9.17) is 0 Å². The van der Waals surface area contributed by atoms with Crippen molar-refractivity contribution in [2.75, 3.05) is 10.6 Å². The molecule has 0 unspecified atom stereocenters. The first kappa shape index (κ1) is 13.5. The molecule has 0 aromatic carbocycles. The SMILES string of the molecule is CCCC(=O)Nc1ccc(NC(C)(C)C)nc1. The van der Waals surface area contributed by atoms with Gasteiger partial charge in [0.2, 0.25) is 5.91 Å². The van der Waals surface area contributed by atoms with E-state index in [1.54, 1.807) is 6.20 Å². The zero-order valence-electron chi connectivity index (χ0n) is 11.0. The Hall–Kier alpha value is -1.58. The van der Waals surface area contributed by atoms with Gasteiger partial charge < -0.3 is 10.6 Å². The lowest BCUT2D eigenvalue weighted by molar-refractivity contribution is -0.116. The molecule has 0 aliphatic heterocycles. The van der Waals surface area contributed by atoms with Gasteiger partial charge in [-0.15, -0.1) is 0 Å². The normalized spacial score (nSPS) is 11.1. The van der Waals surface area contributed by atoms with Crippen LogP contribution in [0, 0.1) is 0 Å². The van der Waals surface area contributed by atoms with E-state index >= 15 is 0 Å². The van der Waals surface area contributed by atoms with Crippen LogP contribution in [-0.4, -0.2) is 16.4 Å².